The van der Waals surface area contributed by atoms with Gasteiger partial charge in [0.05, 0.1) is 18.6 Å². The van der Waals surface area contributed by atoms with E-state index in [0.717, 1.165) is 48.0 Å². The van der Waals surface area contributed by atoms with Crippen LogP contribution in [0, 0.1) is 12.8 Å². The fourth-order valence-electron chi connectivity index (χ4n) is 3.40. The van der Waals surface area contributed by atoms with Crippen LogP contribution >= 0.6 is 0 Å². The molecular formula is C19H21N3O2. The van der Waals surface area contributed by atoms with Gasteiger partial charge in [0.2, 0.25) is 5.91 Å². The van der Waals surface area contributed by atoms with Crippen LogP contribution in [0.1, 0.15) is 25.2 Å². The van der Waals surface area contributed by atoms with Crippen LogP contribution in [0.4, 0.5) is 5.69 Å². The Hall–Kier alpha value is -2.27. The molecule has 124 valence electrons. The van der Waals surface area contributed by atoms with Crippen LogP contribution in [0.15, 0.2) is 30.6 Å². The molecule has 1 aromatic carbocycles. The van der Waals surface area contributed by atoms with E-state index in [-0.39, 0.29) is 5.91 Å². The van der Waals surface area contributed by atoms with E-state index < -0.39 is 5.41 Å². The second kappa shape index (κ2) is 5.38. The topological polar surface area (TPSA) is 55.3 Å². The molecule has 0 unspecified atom stereocenters. The molecule has 5 heteroatoms. The lowest BCUT2D eigenvalue weighted by molar-refractivity contribution is -0.122. The third-order valence-corrected chi connectivity index (χ3v) is 5.00. The van der Waals surface area contributed by atoms with Gasteiger partial charge in [0.1, 0.15) is 5.82 Å². The number of ether oxygens (including phenoxy) is 1. The highest BCUT2D eigenvalue weighted by Gasteiger charge is 2.44. The van der Waals surface area contributed by atoms with Gasteiger partial charge in [-0.2, -0.15) is 0 Å². The number of nitrogens with zero attached hydrogens (tertiary/aromatic N) is 3. The fraction of sp³-hybridized carbons (Fsp3) is 0.421. The molecule has 0 atom stereocenters. The predicted molar refractivity (Wildman–Crippen MR) is 91.9 cm³/mol. The molecule has 1 amide bonds. The number of amides is 1. The Morgan fingerprint density at radius 2 is 1.92 bits per heavy atom. The number of aromatic nitrogens is 2. The average Bonchev–Trinajstić information content (AvgIpc) is 2.71. The number of aryl methyl sites for hydroxylation is 1. The minimum Gasteiger partial charge on any atom is -0.381 e. The third-order valence-electron chi connectivity index (χ3n) is 5.00. The van der Waals surface area contributed by atoms with Crippen LogP contribution < -0.4 is 4.90 Å². The molecule has 2 aliphatic rings. The molecule has 24 heavy (non-hydrogen) atoms. The number of hydrogen-bond acceptors (Lipinski definition) is 4. The maximum atomic E-state index is 12.9. The third kappa shape index (κ3) is 2.31. The zero-order valence-electron chi connectivity index (χ0n) is 14.2. The summed E-state index contributed by atoms with van der Waals surface area (Å²) in [5.74, 6) is 1.35. The van der Waals surface area contributed by atoms with Gasteiger partial charge >= 0.3 is 0 Å². The molecule has 5 nitrogen and oxygen atoms in total. The van der Waals surface area contributed by atoms with Gasteiger partial charge in [0.25, 0.3) is 0 Å². The summed E-state index contributed by atoms with van der Waals surface area (Å²) < 4.78 is 5.27. The highest BCUT2D eigenvalue weighted by Crippen LogP contribution is 2.43. The zero-order valence-corrected chi connectivity index (χ0v) is 14.2. The number of fused-ring (bicyclic) bond motifs is 1. The van der Waals surface area contributed by atoms with Crippen LogP contribution in [0.3, 0.4) is 0 Å². The lowest BCUT2D eigenvalue weighted by Crippen LogP contribution is -2.44. The average molecular weight is 323 g/mol. The fourth-order valence-corrected chi connectivity index (χ4v) is 3.40. The number of benzene rings is 1. The normalized spacial score (nSPS) is 19.3. The van der Waals surface area contributed by atoms with Crippen molar-refractivity contribution in [3.05, 3.63) is 42.0 Å². The summed E-state index contributed by atoms with van der Waals surface area (Å²) in [6, 6.07) is 6.22. The van der Waals surface area contributed by atoms with Crippen molar-refractivity contribution in [2.75, 3.05) is 24.7 Å². The van der Waals surface area contributed by atoms with E-state index in [1.54, 1.807) is 0 Å². The standard InChI is InChI=1S/C19H21N3O2/c1-12-20-7-15(8-21-12)14-4-5-16-17(6-14)22(9-13-10-24-11-13)18(23)19(16,2)3/h4-8,13H,9-11H2,1-3H3. The van der Waals surface area contributed by atoms with Crippen LogP contribution in [0.25, 0.3) is 11.1 Å². The smallest absolute Gasteiger partial charge is 0.237 e. The van der Waals surface area contributed by atoms with Crippen LogP contribution in [0.5, 0.6) is 0 Å². The molecule has 1 fully saturated rings. The Morgan fingerprint density at radius 1 is 1.21 bits per heavy atom. The van der Waals surface area contributed by atoms with Gasteiger partial charge in [-0.05, 0) is 38.0 Å². The Labute approximate surface area is 141 Å². The number of carbonyl (C=O) groups is 1. The van der Waals surface area contributed by atoms with E-state index in [1.807, 2.05) is 38.1 Å². The van der Waals surface area contributed by atoms with Crippen LogP contribution in [-0.4, -0.2) is 35.6 Å². The first kappa shape index (κ1) is 15.3. The van der Waals surface area contributed by atoms with E-state index in [0.29, 0.717) is 5.92 Å². The maximum Gasteiger partial charge on any atom is 0.237 e. The van der Waals surface area contributed by atoms with Crippen molar-refractivity contribution >= 4 is 11.6 Å². The van der Waals surface area contributed by atoms with Crippen molar-refractivity contribution in [2.45, 2.75) is 26.2 Å². The van der Waals surface area contributed by atoms with Gasteiger partial charge in [0.15, 0.2) is 0 Å². The summed E-state index contributed by atoms with van der Waals surface area (Å²) in [6.45, 7) is 8.08. The Kier molecular flexibility index (Phi) is 3.42. The van der Waals surface area contributed by atoms with E-state index in [1.165, 1.54) is 0 Å². The van der Waals surface area contributed by atoms with Crippen molar-refractivity contribution in [3.63, 3.8) is 0 Å². The molecule has 1 saturated heterocycles. The highest BCUT2D eigenvalue weighted by molar-refractivity contribution is 6.08. The molecule has 0 spiro atoms. The summed E-state index contributed by atoms with van der Waals surface area (Å²) in [7, 11) is 0. The Bertz CT molecular complexity index is 795. The van der Waals surface area contributed by atoms with Gasteiger partial charge < -0.3 is 9.64 Å². The summed E-state index contributed by atoms with van der Waals surface area (Å²) >= 11 is 0. The van der Waals surface area contributed by atoms with Crippen molar-refractivity contribution < 1.29 is 9.53 Å². The van der Waals surface area contributed by atoms with Crippen LogP contribution in [0.2, 0.25) is 0 Å². The predicted octanol–water partition coefficient (Wildman–Crippen LogP) is 2.72. The maximum absolute atomic E-state index is 12.9. The summed E-state index contributed by atoms with van der Waals surface area (Å²) in [6.07, 6.45) is 3.66. The van der Waals surface area contributed by atoms with Crippen molar-refractivity contribution in [1.82, 2.24) is 9.97 Å². The first-order chi connectivity index (χ1) is 11.5. The zero-order chi connectivity index (χ0) is 16.9. The molecule has 0 radical (unpaired) electrons. The first-order valence-corrected chi connectivity index (χ1v) is 8.30. The number of rotatable bonds is 3. The van der Waals surface area contributed by atoms with E-state index in [4.69, 9.17) is 4.74 Å². The summed E-state index contributed by atoms with van der Waals surface area (Å²) in [5.41, 5.74) is 3.61. The van der Waals surface area contributed by atoms with Gasteiger partial charge in [-0.15, -0.1) is 0 Å². The van der Waals surface area contributed by atoms with Gasteiger partial charge in [0, 0.05) is 36.1 Å². The van der Waals surface area contributed by atoms with Crippen LogP contribution in [-0.2, 0) is 14.9 Å². The second-order valence-electron chi connectivity index (χ2n) is 7.20. The Balaban J connectivity index is 1.75. The minimum absolute atomic E-state index is 0.168. The van der Waals surface area contributed by atoms with E-state index >= 15 is 0 Å². The van der Waals surface area contributed by atoms with Crippen molar-refractivity contribution in [1.29, 1.82) is 0 Å². The molecule has 4 rings (SSSR count). The van der Waals surface area contributed by atoms with Gasteiger partial charge in [-0.3, -0.25) is 4.79 Å². The molecular weight excluding hydrogens is 302 g/mol. The molecule has 0 aliphatic carbocycles. The molecule has 0 N–H and O–H groups in total. The van der Waals surface area contributed by atoms with Gasteiger partial charge in [-0.25, -0.2) is 9.97 Å². The second-order valence-corrected chi connectivity index (χ2v) is 7.20. The molecule has 2 aliphatic heterocycles. The van der Waals surface area contributed by atoms with E-state index in [9.17, 15) is 4.79 Å². The van der Waals surface area contributed by atoms with Crippen molar-refractivity contribution in [2.24, 2.45) is 5.92 Å². The molecule has 0 saturated carbocycles. The summed E-state index contributed by atoms with van der Waals surface area (Å²) in [4.78, 5) is 23.4. The lowest BCUT2D eigenvalue weighted by atomic mass is 9.85. The number of hydrogen-bond donors (Lipinski definition) is 0. The molecule has 0 bridgehead atoms. The number of carbonyl (C=O) groups excluding carboxylic acids is 1. The number of anilines is 1. The highest BCUT2D eigenvalue weighted by atomic mass is 16.5. The minimum atomic E-state index is -0.484. The molecule has 3 heterocycles. The monoisotopic (exact) mass is 323 g/mol. The lowest BCUT2D eigenvalue weighted by Gasteiger charge is -2.31. The quantitative estimate of drug-likeness (QED) is 0.871. The Morgan fingerprint density at radius 3 is 2.54 bits per heavy atom. The van der Waals surface area contributed by atoms with Gasteiger partial charge in [-0.1, -0.05) is 12.1 Å². The molecule has 2 aromatic rings. The first-order valence-electron chi connectivity index (χ1n) is 8.30. The summed E-state index contributed by atoms with van der Waals surface area (Å²) in [5, 5.41) is 0. The SMILES string of the molecule is Cc1ncc(-c2ccc3c(c2)N(CC2COC2)C(=O)C3(C)C)cn1. The molecule has 1 aromatic heterocycles. The van der Waals surface area contributed by atoms with Crippen molar-refractivity contribution in [3.8, 4) is 11.1 Å². The van der Waals surface area contributed by atoms with E-state index in [2.05, 4.69) is 28.2 Å². The largest absolute Gasteiger partial charge is 0.381 e.